The lowest BCUT2D eigenvalue weighted by Gasteiger charge is -2.22. The van der Waals surface area contributed by atoms with Gasteiger partial charge in [0.05, 0.1) is 17.3 Å². The molecule has 0 atom stereocenters. The fourth-order valence-electron chi connectivity index (χ4n) is 3.68. The van der Waals surface area contributed by atoms with E-state index >= 15 is 0 Å². The molecule has 0 spiro atoms. The molecule has 3 aromatic heterocycles. The minimum Gasteiger partial charge on any atom is -0.354 e. The Morgan fingerprint density at radius 1 is 1.00 bits per heavy atom. The Balaban J connectivity index is 1.41. The van der Waals surface area contributed by atoms with Crippen molar-refractivity contribution in [3.8, 4) is 5.69 Å². The molecule has 0 unspecified atom stereocenters. The van der Waals surface area contributed by atoms with Crippen LogP contribution in [0.5, 0.6) is 0 Å². The summed E-state index contributed by atoms with van der Waals surface area (Å²) in [5.74, 6) is 1.88. The summed E-state index contributed by atoms with van der Waals surface area (Å²) in [5, 5.41) is 6.58. The molecule has 1 aliphatic heterocycles. The van der Waals surface area contributed by atoms with E-state index in [1.165, 1.54) is 11.5 Å². The van der Waals surface area contributed by atoms with Gasteiger partial charge in [-0.15, -0.1) is 0 Å². The maximum absolute atomic E-state index is 4.65. The van der Waals surface area contributed by atoms with Gasteiger partial charge in [0.25, 0.3) is 0 Å². The van der Waals surface area contributed by atoms with Crippen molar-refractivity contribution in [2.45, 2.75) is 19.8 Å². The Morgan fingerprint density at radius 2 is 1.83 bits per heavy atom. The summed E-state index contributed by atoms with van der Waals surface area (Å²) >= 11 is 1.50. The van der Waals surface area contributed by atoms with Gasteiger partial charge >= 0.3 is 0 Å². The number of nitrogens with zero attached hydrogens (tertiary/aromatic N) is 8. The molecule has 0 N–H and O–H groups in total. The molecule has 148 valence electrons. The van der Waals surface area contributed by atoms with E-state index in [-0.39, 0.29) is 0 Å². The summed E-state index contributed by atoms with van der Waals surface area (Å²) < 4.78 is 6.31. The van der Waals surface area contributed by atoms with Crippen molar-refractivity contribution >= 4 is 33.5 Å². The van der Waals surface area contributed by atoms with Crippen molar-refractivity contribution in [1.82, 2.24) is 29.1 Å². The van der Waals surface area contributed by atoms with Crippen LogP contribution >= 0.6 is 11.5 Å². The average molecular weight is 407 g/mol. The largest absolute Gasteiger partial charge is 0.354 e. The van der Waals surface area contributed by atoms with Crippen LogP contribution in [0, 0.1) is 0 Å². The predicted octanol–water partition coefficient (Wildman–Crippen LogP) is 2.95. The zero-order valence-corrected chi connectivity index (χ0v) is 17.1. The van der Waals surface area contributed by atoms with E-state index in [9.17, 15) is 0 Å². The van der Waals surface area contributed by atoms with Gasteiger partial charge in [0.1, 0.15) is 18.0 Å². The molecule has 9 heteroatoms. The SMILES string of the molecule is CCc1nsc(N2CCCN(c3ncnc4c3cnn4-c3ccccc3)CC2)n1. The Kier molecular flexibility index (Phi) is 4.81. The third kappa shape index (κ3) is 3.42. The zero-order chi connectivity index (χ0) is 19.6. The number of hydrogen-bond donors (Lipinski definition) is 0. The number of aryl methyl sites for hydroxylation is 1. The van der Waals surface area contributed by atoms with Crippen LogP contribution in [0.1, 0.15) is 19.2 Å². The maximum Gasteiger partial charge on any atom is 0.205 e. The smallest absolute Gasteiger partial charge is 0.205 e. The Morgan fingerprint density at radius 3 is 2.66 bits per heavy atom. The van der Waals surface area contributed by atoms with Crippen molar-refractivity contribution in [2.24, 2.45) is 0 Å². The van der Waals surface area contributed by atoms with Gasteiger partial charge in [-0.25, -0.2) is 19.6 Å². The normalized spacial score (nSPS) is 15.1. The second-order valence-electron chi connectivity index (χ2n) is 7.00. The highest BCUT2D eigenvalue weighted by Gasteiger charge is 2.21. The summed E-state index contributed by atoms with van der Waals surface area (Å²) in [7, 11) is 0. The van der Waals surface area contributed by atoms with E-state index in [1.54, 1.807) is 6.33 Å². The van der Waals surface area contributed by atoms with Crippen LogP contribution in [0.4, 0.5) is 10.9 Å². The highest BCUT2D eigenvalue weighted by Crippen LogP contribution is 2.26. The van der Waals surface area contributed by atoms with Crippen LogP contribution in [0.25, 0.3) is 16.7 Å². The molecule has 0 amide bonds. The van der Waals surface area contributed by atoms with Crippen molar-refractivity contribution in [3.63, 3.8) is 0 Å². The molecule has 0 radical (unpaired) electrons. The van der Waals surface area contributed by atoms with Gasteiger partial charge in [-0.2, -0.15) is 9.47 Å². The molecule has 29 heavy (non-hydrogen) atoms. The average Bonchev–Trinajstić information content (AvgIpc) is 3.36. The van der Waals surface area contributed by atoms with E-state index in [1.807, 2.05) is 41.2 Å². The highest BCUT2D eigenvalue weighted by atomic mass is 32.1. The molecule has 1 saturated heterocycles. The Bertz CT molecular complexity index is 1110. The third-order valence-corrected chi connectivity index (χ3v) is 6.00. The van der Waals surface area contributed by atoms with Gasteiger partial charge in [-0.1, -0.05) is 25.1 Å². The fraction of sp³-hybridized carbons (Fsp3) is 0.350. The third-order valence-electron chi connectivity index (χ3n) is 5.19. The van der Waals surface area contributed by atoms with Gasteiger partial charge in [0, 0.05) is 44.1 Å². The number of fused-ring (bicyclic) bond motifs is 1. The lowest BCUT2D eigenvalue weighted by molar-refractivity contribution is 0.797. The lowest BCUT2D eigenvalue weighted by Crippen LogP contribution is -2.31. The van der Waals surface area contributed by atoms with Crippen LogP contribution in [-0.2, 0) is 6.42 Å². The van der Waals surface area contributed by atoms with Crippen LogP contribution in [0.2, 0.25) is 0 Å². The molecule has 1 aromatic carbocycles. The number of hydrogen-bond acceptors (Lipinski definition) is 8. The summed E-state index contributed by atoms with van der Waals surface area (Å²) in [6, 6.07) is 10.1. The van der Waals surface area contributed by atoms with Crippen molar-refractivity contribution in [1.29, 1.82) is 0 Å². The molecule has 0 saturated carbocycles. The molecule has 1 aliphatic rings. The summed E-state index contributed by atoms with van der Waals surface area (Å²) in [4.78, 5) is 18.4. The van der Waals surface area contributed by atoms with Crippen LogP contribution in [0.3, 0.4) is 0 Å². The molecule has 1 fully saturated rings. The fourth-order valence-corrected chi connectivity index (χ4v) is 4.48. The van der Waals surface area contributed by atoms with Gasteiger partial charge in [-0.3, -0.25) is 0 Å². The second kappa shape index (κ2) is 7.75. The van der Waals surface area contributed by atoms with Crippen LogP contribution in [-0.4, -0.2) is 55.3 Å². The first-order valence-electron chi connectivity index (χ1n) is 9.90. The monoisotopic (exact) mass is 406 g/mol. The molecular weight excluding hydrogens is 384 g/mol. The predicted molar refractivity (Wildman–Crippen MR) is 115 cm³/mol. The number of benzene rings is 1. The standard InChI is InChI=1S/C20H22N8S/c1-2-17-24-20(29-25-17)27-10-6-9-26(11-12-27)18-16-13-23-28(19(16)22-14-21-18)15-7-4-3-5-8-15/h3-5,7-8,13-14H,2,6,9-12H2,1H3. The number of para-hydroxylation sites is 1. The van der Waals surface area contributed by atoms with E-state index < -0.39 is 0 Å². The topological polar surface area (TPSA) is 75.9 Å². The van der Waals surface area contributed by atoms with Crippen LogP contribution < -0.4 is 9.80 Å². The van der Waals surface area contributed by atoms with E-state index in [0.29, 0.717) is 0 Å². The molecule has 0 bridgehead atoms. The molecule has 4 heterocycles. The quantitative estimate of drug-likeness (QED) is 0.516. The van der Waals surface area contributed by atoms with Gasteiger partial charge in [0.2, 0.25) is 5.13 Å². The maximum atomic E-state index is 4.65. The number of anilines is 2. The Labute approximate surface area is 173 Å². The van der Waals surface area contributed by atoms with Crippen molar-refractivity contribution < 1.29 is 0 Å². The molecule has 0 aliphatic carbocycles. The summed E-state index contributed by atoms with van der Waals surface area (Å²) in [6.07, 6.45) is 5.43. The van der Waals surface area contributed by atoms with Crippen molar-refractivity contribution in [2.75, 3.05) is 36.0 Å². The summed E-state index contributed by atoms with van der Waals surface area (Å²) in [6.45, 7) is 5.79. The van der Waals surface area contributed by atoms with Gasteiger partial charge in [0.15, 0.2) is 5.65 Å². The lowest BCUT2D eigenvalue weighted by atomic mass is 10.3. The minimum absolute atomic E-state index is 0.832. The molecule has 5 rings (SSSR count). The second-order valence-corrected chi connectivity index (χ2v) is 7.73. The molecule has 4 aromatic rings. The van der Waals surface area contributed by atoms with Gasteiger partial charge in [-0.05, 0) is 18.6 Å². The summed E-state index contributed by atoms with van der Waals surface area (Å²) in [5.41, 5.74) is 1.83. The van der Waals surface area contributed by atoms with Crippen molar-refractivity contribution in [3.05, 3.63) is 48.7 Å². The van der Waals surface area contributed by atoms with Gasteiger partial charge < -0.3 is 9.80 Å². The minimum atomic E-state index is 0.832. The first-order valence-corrected chi connectivity index (χ1v) is 10.7. The van der Waals surface area contributed by atoms with Crippen LogP contribution in [0.15, 0.2) is 42.9 Å². The Hall–Kier alpha value is -3.07. The van der Waals surface area contributed by atoms with E-state index in [4.69, 9.17) is 0 Å². The first-order chi connectivity index (χ1) is 14.3. The number of aromatic nitrogens is 6. The first kappa shape index (κ1) is 18.0. The molecule has 8 nitrogen and oxygen atoms in total. The molecular formula is C20H22N8S. The highest BCUT2D eigenvalue weighted by molar-refractivity contribution is 7.09. The van der Waals surface area contributed by atoms with E-state index in [2.05, 4.69) is 41.1 Å². The van der Waals surface area contributed by atoms with E-state index in [0.717, 1.165) is 72.5 Å². The number of rotatable bonds is 4. The zero-order valence-electron chi connectivity index (χ0n) is 16.3.